The van der Waals surface area contributed by atoms with Crippen LogP contribution in [0.2, 0.25) is 0 Å². The molecular weight excluding hydrogens is 268 g/mol. The Kier molecular flexibility index (Phi) is 3.59. The molecule has 2 aromatic rings. The van der Waals surface area contributed by atoms with Gasteiger partial charge in [-0.05, 0) is 18.2 Å². The normalized spacial score (nSPS) is 15.0. The monoisotopic (exact) mass is 284 g/mol. The number of amidine groups is 1. The fourth-order valence-corrected chi connectivity index (χ4v) is 2.33. The highest BCUT2D eigenvalue weighted by atomic mass is 16.5. The van der Waals surface area contributed by atoms with E-state index in [9.17, 15) is 0 Å². The Labute approximate surface area is 122 Å². The quantitative estimate of drug-likeness (QED) is 0.378. The number of hydrogen-bond donors (Lipinski definition) is 2. The van der Waals surface area contributed by atoms with Gasteiger partial charge in [0, 0.05) is 23.9 Å². The maximum Gasteiger partial charge on any atom is 0.170 e. The molecule has 0 unspecified atom stereocenters. The average molecular weight is 284 g/mol. The zero-order valence-electron chi connectivity index (χ0n) is 11.4. The van der Waals surface area contributed by atoms with Crippen LogP contribution in [0, 0.1) is 0 Å². The Morgan fingerprint density at radius 2 is 2.19 bits per heavy atom. The van der Waals surface area contributed by atoms with Crippen molar-refractivity contribution in [2.45, 2.75) is 6.54 Å². The second-order valence-electron chi connectivity index (χ2n) is 4.77. The van der Waals surface area contributed by atoms with Gasteiger partial charge < -0.3 is 20.6 Å². The minimum Gasteiger partial charge on any atom is -0.491 e. The van der Waals surface area contributed by atoms with Crippen molar-refractivity contribution in [3.05, 3.63) is 53.7 Å². The van der Waals surface area contributed by atoms with E-state index in [4.69, 9.17) is 15.7 Å². The third-order valence-electron chi connectivity index (χ3n) is 3.43. The summed E-state index contributed by atoms with van der Waals surface area (Å²) in [6.07, 6.45) is 1.65. The first-order valence-corrected chi connectivity index (χ1v) is 6.67. The summed E-state index contributed by atoms with van der Waals surface area (Å²) in [5.74, 6) is 1.76. The Morgan fingerprint density at radius 3 is 3.05 bits per heavy atom. The summed E-state index contributed by atoms with van der Waals surface area (Å²) in [5.41, 5.74) is 7.39. The van der Waals surface area contributed by atoms with E-state index in [-0.39, 0.29) is 5.84 Å². The number of ether oxygens (including phenoxy) is 1. The summed E-state index contributed by atoms with van der Waals surface area (Å²) in [4.78, 5) is 6.48. The maximum atomic E-state index is 8.77. The molecule has 0 amide bonds. The van der Waals surface area contributed by atoms with Gasteiger partial charge >= 0.3 is 0 Å². The van der Waals surface area contributed by atoms with Gasteiger partial charge in [-0.15, -0.1) is 0 Å². The van der Waals surface area contributed by atoms with E-state index in [1.807, 2.05) is 30.3 Å². The standard InChI is InChI=1S/C15H16N4O2/c16-15(18-20)11-5-6-17-14(9-11)19-7-8-21-13-4-2-1-3-12(13)10-19/h1-6,9,20H,7-8,10H2,(H2,16,18). The number of anilines is 1. The summed E-state index contributed by atoms with van der Waals surface area (Å²) < 4.78 is 5.74. The maximum absolute atomic E-state index is 8.77. The van der Waals surface area contributed by atoms with Crippen molar-refractivity contribution in [3.8, 4) is 5.75 Å². The van der Waals surface area contributed by atoms with E-state index in [0.29, 0.717) is 18.7 Å². The van der Waals surface area contributed by atoms with Gasteiger partial charge in [0.05, 0.1) is 6.54 Å². The number of aromatic nitrogens is 1. The smallest absolute Gasteiger partial charge is 0.170 e. The predicted octanol–water partition coefficient (Wildman–Crippen LogP) is 1.58. The molecule has 0 aliphatic carbocycles. The number of nitrogens with two attached hydrogens (primary N) is 1. The van der Waals surface area contributed by atoms with Crippen molar-refractivity contribution < 1.29 is 9.94 Å². The van der Waals surface area contributed by atoms with Gasteiger partial charge in [0.1, 0.15) is 18.2 Å². The lowest BCUT2D eigenvalue weighted by Gasteiger charge is -2.21. The third-order valence-corrected chi connectivity index (χ3v) is 3.43. The number of benzene rings is 1. The Hall–Kier alpha value is -2.76. The van der Waals surface area contributed by atoms with Crippen LogP contribution in [0.4, 0.5) is 5.82 Å². The molecule has 1 aliphatic heterocycles. The van der Waals surface area contributed by atoms with Gasteiger partial charge in [0.2, 0.25) is 0 Å². The summed E-state index contributed by atoms with van der Waals surface area (Å²) in [6.45, 7) is 2.02. The molecule has 0 saturated carbocycles. The second-order valence-corrected chi connectivity index (χ2v) is 4.77. The third kappa shape index (κ3) is 2.74. The lowest BCUT2D eigenvalue weighted by Crippen LogP contribution is -2.26. The lowest BCUT2D eigenvalue weighted by molar-refractivity contribution is 0.318. The minimum absolute atomic E-state index is 0.0742. The summed E-state index contributed by atoms with van der Waals surface area (Å²) in [5, 5.41) is 11.8. The van der Waals surface area contributed by atoms with Crippen molar-refractivity contribution in [2.24, 2.45) is 10.9 Å². The molecule has 0 bridgehead atoms. The first kappa shape index (κ1) is 13.2. The molecule has 1 aromatic carbocycles. The molecule has 2 heterocycles. The number of fused-ring (bicyclic) bond motifs is 1. The van der Waals surface area contributed by atoms with Crippen LogP contribution >= 0.6 is 0 Å². The fourth-order valence-electron chi connectivity index (χ4n) is 2.33. The van der Waals surface area contributed by atoms with E-state index >= 15 is 0 Å². The van der Waals surface area contributed by atoms with Crippen LogP contribution in [-0.4, -0.2) is 29.2 Å². The van der Waals surface area contributed by atoms with E-state index in [1.165, 1.54) is 0 Å². The predicted molar refractivity (Wildman–Crippen MR) is 79.7 cm³/mol. The van der Waals surface area contributed by atoms with Crippen molar-refractivity contribution in [3.63, 3.8) is 0 Å². The van der Waals surface area contributed by atoms with Crippen LogP contribution < -0.4 is 15.4 Å². The minimum atomic E-state index is 0.0742. The van der Waals surface area contributed by atoms with Crippen LogP contribution in [0.3, 0.4) is 0 Å². The van der Waals surface area contributed by atoms with Crippen LogP contribution in [0.25, 0.3) is 0 Å². The summed E-state index contributed by atoms with van der Waals surface area (Å²) in [7, 11) is 0. The number of pyridine rings is 1. The lowest BCUT2D eigenvalue weighted by atomic mass is 10.2. The number of oxime groups is 1. The van der Waals surface area contributed by atoms with Gasteiger partial charge in [-0.2, -0.15) is 0 Å². The van der Waals surface area contributed by atoms with Crippen LogP contribution in [0.15, 0.2) is 47.8 Å². The summed E-state index contributed by atoms with van der Waals surface area (Å²) in [6, 6.07) is 11.5. The van der Waals surface area contributed by atoms with Crippen LogP contribution in [0.1, 0.15) is 11.1 Å². The van der Waals surface area contributed by atoms with Crippen molar-refractivity contribution in [1.29, 1.82) is 0 Å². The molecule has 0 radical (unpaired) electrons. The van der Waals surface area contributed by atoms with E-state index < -0.39 is 0 Å². The first-order chi connectivity index (χ1) is 10.3. The Bertz CT molecular complexity index is 672. The largest absolute Gasteiger partial charge is 0.491 e. The van der Waals surface area contributed by atoms with Gasteiger partial charge in [-0.3, -0.25) is 0 Å². The number of nitrogens with zero attached hydrogens (tertiary/aromatic N) is 3. The zero-order chi connectivity index (χ0) is 14.7. The molecule has 6 heteroatoms. The van der Waals surface area contributed by atoms with E-state index in [0.717, 1.165) is 23.7 Å². The van der Waals surface area contributed by atoms with Gasteiger partial charge in [0.15, 0.2) is 5.84 Å². The molecular formula is C15H16N4O2. The molecule has 21 heavy (non-hydrogen) atoms. The highest BCUT2D eigenvalue weighted by molar-refractivity contribution is 5.97. The molecule has 3 N–H and O–H groups in total. The zero-order valence-corrected chi connectivity index (χ0v) is 11.4. The molecule has 0 fully saturated rings. The molecule has 108 valence electrons. The molecule has 3 rings (SSSR count). The molecule has 1 aromatic heterocycles. The molecule has 0 atom stereocenters. The SMILES string of the molecule is NC(=NO)c1ccnc(N2CCOc3ccccc3C2)c1. The Balaban J connectivity index is 1.91. The van der Waals surface area contributed by atoms with E-state index in [2.05, 4.69) is 15.0 Å². The molecule has 6 nitrogen and oxygen atoms in total. The molecule has 0 saturated heterocycles. The number of rotatable bonds is 2. The highest BCUT2D eigenvalue weighted by Gasteiger charge is 2.16. The van der Waals surface area contributed by atoms with Crippen molar-refractivity contribution in [2.75, 3.05) is 18.1 Å². The van der Waals surface area contributed by atoms with Gasteiger partial charge in [-0.25, -0.2) is 4.98 Å². The van der Waals surface area contributed by atoms with Gasteiger partial charge in [0.25, 0.3) is 0 Å². The topological polar surface area (TPSA) is 84.0 Å². The van der Waals surface area contributed by atoms with Gasteiger partial charge in [-0.1, -0.05) is 23.4 Å². The van der Waals surface area contributed by atoms with Crippen molar-refractivity contribution >= 4 is 11.7 Å². The van der Waals surface area contributed by atoms with Crippen molar-refractivity contribution in [1.82, 2.24) is 4.98 Å². The van der Waals surface area contributed by atoms with Crippen LogP contribution in [0.5, 0.6) is 5.75 Å². The Morgan fingerprint density at radius 1 is 1.33 bits per heavy atom. The fraction of sp³-hybridized carbons (Fsp3) is 0.200. The first-order valence-electron chi connectivity index (χ1n) is 6.67. The second kappa shape index (κ2) is 5.70. The highest BCUT2D eigenvalue weighted by Crippen LogP contribution is 2.25. The van der Waals surface area contributed by atoms with E-state index in [1.54, 1.807) is 12.3 Å². The van der Waals surface area contributed by atoms with Crippen LogP contribution in [-0.2, 0) is 6.54 Å². The molecule has 0 spiro atoms. The number of hydrogen-bond acceptors (Lipinski definition) is 5. The number of para-hydroxylation sites is 1. The summed E-state index contributed by atoms with van der Waals surface area (Å²) >= 11 is 0. The average Bonchev–Trinajstić information content (AvgIpc) is 2.76. The molecule has 1 aliphatic rings.